The fourth-order valence-corrected chi connectivity index (χ4v) is 2.35. The van der Waals surface area contributed by atoms with Gasteiger partial charge in [-0.1, -0.05) is 30.3 Å². The van der Waals surface area contributed by atoms with Gasteiger partial charge in [0.2, 0.25) is 0 Å². The van der Waals surface area contributed by atoms with Crippen LogP contribution in [0.15, 0.2) is 48.5 Å². The molecule has 3 N–H and O–H groups in total. The molecule has 0 radical (unpaired) electrons. The van der Waals surface area contributed by atoms with Gasteiger partial charge < -0.3 is 20.7 Å². The molecule has 0 spiro atoms. The number of hydrogen-bond acceptors (Lipinski definition) is 4. The van der Waals surface area contributed by atoms with Gasteiger partial charge in [-0.25, -0.2) is 0 Å². The van der Waals surface area contributed by atoms with Crippen molar-refractivity contribution in [3.8, 4) is 0 Å². The van der Waals surface area contributed by atoms with E-state index in [1.165, 1.54) is 5.56 Å². The second-order valence-electron chi connectivity index (χ2n) is 5.36. The van der Waals surface area contributed by atoms with Crippen molar-refractivity contribution in [3.63, 3.8) is 0 Å². The number of methoxy groups -OCH3 is 1. The zero-order valence-corrected chi connectivity index (χ0v) is 13.6. The minimum absolute atomic E-state index is 0.147. The summed E-state index contributed by atoms with van der Waals surface area (Å²) in [6.45, 7) is 1.72. The number of carbonyl (C=O) groups is 1. The third-order valence-corrected chi connectivity index (χ3v) is 3.56. The Morgan fingerprint density at radius 2 is 1.96 bits per heavy atom. The standard InChI is InChI=1S/C18H23N3O2/c1-21(13-14-6-4-3-5-7-14)17-9-8-15(12-16(17)19)18(22)20-10-11-23-2/h3-9,12H,10-11,13,19H2,1-2H3,(H,20,22). The highest BCUT2D eigenvalue weighted by Crippen LogP contribution is 2.24. The molecule has 0 unspecified atom stereocenters. The van der Waals surface area contributed by atoms with Crippen molar-refractivity contribution in [2.45, 2.75) is 6.54 Å². The molecule has 0 aliphatic carbocycles. The molecule has 5 heteroatoms. The van der Waals surface area contributed by atoms with Crippen LogP contribution in [-0.2, 0) is 11.3 Å². The third-order valence-electron chi connectivity index (χ3n) is 3.56. The van der Waals surface area contributed by atoms with Gasteiger partial charge >= 0.3 is 0 Å². The molecule has 0 heterocycles. The maximum Gasteiger partial charge on any atom is 0.251 e. The van der Waals surface area contributed by atoms with E-state index in [1.807, 2.05) is 31.3 Å². The summed E-state index contributed by atoms with van der Waals surface area (Å²) in [7, 11) is 3.58. The number of nitrogens with two attached hydrogens (primary N) is 1. The maximum absolute atomic E-state index is 12.0. The number of carbonyl (C=O) groups excluding carboxylic acids is 1. The molecule has 0 bridgehead atoms. The Bertz CT molecular complexity index is 644. The van der Waals surface area contributed by atoms with Crippen molar-refractivity contribution in [2.24, 2.45) is 0 Å². The number of nitrogens with one attached hydrogen (secondary N) is 1. The van der Waals surface area contributed by atoms with E-state index >= 15 is 0 Å². The quantitative estimate of drug-likeness (QED) is 0.608. The van der Waals surface area contributed by atoms with Crippen LogP contribution in [-0.4, -0.2) is 33.2 Å². The van der Waals surface area contributed by atoms with Crippen LogP contribution in [0.5, 0.6) is 0 Å². The van der Waals surface area contributed by atoms with Gasteiger partial charge in [-0.15, -0.1) is 0 Å². The molecule has 0 fully saturated rings. The highest BCUT2D eigenvalue weighted by Gasteiger charge is 2.10. The van der Waals surface area contributed by atoms with E-state index in [-0.39, 0.29) is 5.91 Å². The van der Waals surface area contributed by atoms with E-state index in [4.69, 9.17) is 10.5 Å². The van der Waals surface area contributed by atoms with Crippen LogP contribution < -0.4 is 16.0 Å². The highest BCUT2D eigenvalue weighted by atomic mass is 16.5. The first-order valence-electron chi connectivity index (χ1n) is 7.53. The van der Waals surface area contributed by atoms with Crippen LogP contribution in [0.1, 0.15) is 15.9 Å². The lowest BCUT2D eigenvalue weighted by Gasteiger charge is -2.21. The second-order valence-corrected chi connectivity index (χ2v) is 5.36. The van der Waals surface area contributed by atoms with Crippen molar-refractivity contribution in [3.05, 3.63) is 59.7 Å². The molecule has 0 aliphatic rings. The van der Waals surface area contributed by atoms with Gasteiger partial charge in [0.25, 0.3) is 5.91 Å². The maximum atomic E-state index is 12.0. The number of rotatable bonds is 7. The molecule has 0 atom stereocenters. The molecule has 5 nitrogen and oxygen atoms in total. The predicted molar refractivity (Wildman–Crippen MR) is 93.6 cm³/mol. The third kappa shape index (κ3) is 4.72. The number of anilines is 2. The lowest BCUT2D eigenvalue weighted by atomic mass is 10.1. The topological polar surface area (TPSA) is 67.6 Å². The molecule has 23 heavy (non-hydrogen) atoms. The van der Waals surface area contributed by atoms with E-state index in [2.05, 4.69) is 22.3 Å². The summed E-state index contributed by atoms with van der Waals surface area (Å²) in [5.74, 6) is -0.147. The highest BCUT2D eigenvalue weighted by molar-refractivity contribution is 5.96. The van der Waals surface area contributed by atoms with E-state index in [9.17, 15) is 4.79 Å². The zero-order valence-electron chi connectivity index (χ0n) is 13.6. The molecule has 122 valence electrons. The SMILES string of the molecule is COCCNC(=O)c1ccc(N(C)Cc2ccccc2)c(N)c1. The fraction of sp³-hybridized carbons (Fsp3) is 0.278. The normalized spacial score (nSPS) is 10.3. The number of ether oxygens (including phenoxy) is 1. The van der Waals surface area contributed by atoms with E-state index in [0.29, 0.717) is 24.4 Å². The molecular formula is C18H23N3O2. The Morgan fingerprint density at radius 3 is 2.61 bits per heavy atom. The Balaban J connectivity index is 2.05. The lowest BCUT2D eigenvalue weighted by Crippen LogP contribution is -2.27. The Hall–Kier alpha value is -2.53. The Morgan fingerprint density at radius 1 is 1.22 bits per heavy atom. The molecule has 2 aromatic rings. The predicted octanol–water partition coefficient (Wildman–Crippen LogP) is 2.28. The first kappa shape index (κ1) is 16.8. The molecule has 1 amide bonds. The van der Waals surface area contributed by atoms with Crippen LogP contribution in [0.4, 0.5) is 11.4 Å². The fourth-order valence-electron chi connectivity index (χ4n) is 2.35. The van der Waals surface area contributed by atoms with Crippen molar-refractivity contribution in [2.75, 3.05) is 37.9 Å². The van der Waals surface area contributed by atoms with Gasteiger partial charge in [0.05, 0.1) is 18.0 Å². The summed E-state index contributed by atoms with van der Waals surface area (Å²) in [6, 6.07) is 15.5. The first-order valence-corrected chi connectivity index (χ1v) is 7.53. The van der Waals surface area contributed by atoms with Crippen molar-refractivity contribution in [1.82, 2.24) is 5.32 Å². The zero-order chi connectivity index (χ0) is 16.7. The lowest BCUT2D eigenvalue weighted by molar-refractivity contribution is 0.0937. The van der Waals surface area contributed by atoms with E-state index in [1.54, 1.807) is 19.2 Å². The summed E-state index contributed by atoms with van der Waals surface area (Å²) in [4.78, 5) is 14.1. The summed E-state index contributed by atoms with van der Waals surface area (Å²) < 4.78 is 4.91. The molecular weight excluding hydrogens is 290 g/mol. The minimum Gasteiger partial charge on any atom is -0.397 e. The number of amides is 1. The number of benzene rings is 2. The van der Waals surface area contributed by atoms with Crippen LogP contribution in [0.25, 0.3) is 0 Å². The van der Waals surface area contributed by atoms with Crippen LogP contribution >= 0.6 is 0 Å². The summed E-state index contributed by atoms with van der Waals surface area (Å²) in [5, 5.41) is 2.78. The molecule has 0 aliphatic heterocycles. The average molecular weight is 313 g/mol. The van der Waals surface area contributed by atoms with Gasteiger partial charge in [-0.3, -0.25) is 4.79 Å². The average Bonchev–Trinajstić information content (AvgIpc) is 2.55. The first-order chi connectivity index (χ1) is 11.1. The van der Waals surface area contributed by atoms with Gasteiger partial charge in [-0.05, 0) is 23.8 Å². The summed E-state index contributed by atoms with van der Waals surface area (Å²) in [5.41, 5.74) is 9.37. The smallest absolute Gasteiger partial charge is 0.251 e. The molecule has 0 saturated heterocycles. The van der Waals surface area contributed by atoms with Crippen LogP contribution in [0.2, 0.25) is 0 Å². The van der Waals surface area contributed by atoms with Crippen molar-refractivity contribution < 1.29 is 9.53 Å². The van der Waals surface area contributed by atoms with E-state index in [0.717, 1.165) is 12.2 Å². The minimum atomic E-state index is -0.147. The molecule has 2 rings (SSSR count). The molecule has 2 aromatic carbocycles. The van der Waals surface area contributed by atoms with Gasteiger partial charge in [0.1, 0.15) is 0 Å². The monoisotopic (exact) mass is 313 g/mol. The number of nitrogen functional groups attached to an aromatic ring is 1. The summed E-state index contributed by atoms with van der Waals surface area (Å²) >= 11 is 0. The van der Waals surface area contributed by atoms with Gasteiger partial charge in [0, 0.05) is 32.8 Å². The molecule has 0 aromatic heterocycles. The van der Waals surface area contributed by atoms with Gasteiger partial charge in [-0.2, -0.15) is 0 Å². The van der Waals surface area contributed by atoms with Crippen molar-refractivity contribution >= 4 is 17.3 Å². The van der Waals surface area contributed by atoms with Gasteiger partial charge in [0.15, 0.2) is 0 Å². The van der Waals surface area contributed by atoms with Crippen molar-refractivity contribution in [1.29, 1.82) is 0 Å². The Kier molecular flexibility index (Phi) is 6.00. The largest absolute Gasteiger partial charge is 0.397 e. The number of hydrogen-bond donors (Lipinski definition) is 2. The molecule has 0 saturated carbocycles. The second kappa shape index (κ2) is 8.19. The van der Waals surface area contributed by atoms with Crippen LogP contribution in [0.3, 0.4) is 0 Å². The van der Waals surface area contributed by atoms with E-state index < -0.39 is 0 Å². The summed E-state index contributed by atoms with van der Waals surface area (Å²) in [6.07, 6.45) is 0. The van der Waals surface area contributed by atoms with Crippen LogP contribution in [0, 0.1) is 0 Å². The number of nitrogens with zero attached hydrogens (tertiary/aromatic N) is 1. The Labute approximate surface area is 137 Å².